The molecule has 0 saturated heterocycles. The molecule has 3 unspecified atom stereocenters. The van der Waals surface area contributed by atoms with Gasteiger partial charge < -0.3 is 19.8 Å². The SMILES string of the molecule is CC/C=C\C/C=C\C/C=C\C/C=C\C/C=C\C/C=C\C/C=C\CCCCCCCCCCCCCCCC(=O)NC(COP(=O)(O)OCC[N+](C)(C)C)C(O)CCCCCCCCCCCCCCCCCCCCCCCCCCCCCCC. The van der Waals surface area contributed by atoms with Crippen LogP contribution in [0, 0.1) is 0 Å². The van der Waals surface area contributed by atoms with E-state index in [1.165, 1.54) is 238 Å². The van der Waals surface area contributed by atoms with Crippen molar-refractivity contribution >= 4 is 13.7 Å². The van der Waals surface area contributed by atoms with Crippen molar-refractivity contribution in [1.82, 2.24) is 5.32 Å². The maximum Gasteiger partial charge on any atom is 0.472 e. The first-order valence-corrected chi connectivity index (χ1v) is 38.4. The lowest BCUT2D eigenvalue weighted by Crippen LogP contribution is -2.46. The van der Waals surface area contributed by atoms with E-state index in [1.807, 2.05) is 21.1 Å². The number of aliphatic hydroxyl groups is 1. The smallest absolute Gasteiger partial charge is 0.391 e. The van der Waals surface area contributed by atoms with Crippen LogP contribution >= 0.6 is 7.82 Å². The quantitative estimate of drug-likeness (QED) is 0.0243. The Balaban J connectivity index is 4.03. The first-order chi connectivity index (χ1) is 42.0. The Morgan fingerprint density at radius 2 is 0.698 bits per heavy atom. The molecule has 86 heavy (non-hydrogen) atoms. The summed E-state index contributed by atoms with van der Waals surface area (Å²) in [4.78, 5) is 23.5. The van der Waals surface area contributed by atoms with E-state index in [2.05, 4.69) is 104 Å². The van der Waals surface area contributed by atoms with Gasteiger partial charge >= 0.3 is 7.82 Å². The molecule has 3 N–H and O–H groups in total. The van der Waals surface area contributed by atoms with E-state index >= 15 is 0 Å². The second kappa shape index (κ2) is 67.1. The maximum atomic E-state index is 13.1. The molecular formula is C77H144N2O6P+. The molecule has 0 spiro atoms. The monoisotopic (exact) mass is 1220 g/mol. The molecule has 0 heterocycles. The van der Waals surface area contributed by atoms with Crippen molar-refractivity contribution in [3.05, 3.63) is 85.1 Å². The Hall–Kier alpha value is -2.32. The minimum Gasteiger partial charge on any atom is -0.391 e. The number of nitrogens with zero attached hydrogens (tertiary/aromatic N) is 1. The molecule has 8 nitrogen and oxygen atoms in total. The largest absolute Gasteiger partial charge is 0.472 e. The highest BCUT2D eigenvalue weighted by atomic mass is 31.2. The van der Waals surface area contributed by atoms with Gasteiger partial charge in [-0.15, -0.1) is 0 Å². The highest BCUT2D eigenvalue weighted by molar-refractivity contribution is 7.47. The minimum absolute atomic E-state index is 0.0727. The van der Waals surface area contributed by atoms with Crippen LogP contribution in [0.2, 0.25) is 0 Å². The number of hydrogen-bond donors (Lipinski definition) is 3. The van der Waals surface area contributed by atoms with Crippen LogP contribution in [0.5, 0.6) is 0 Å². The highest BCUT2D eigenvalue weighted by Gasteiger charge is 2.28. The van der Waals surface area contributed by atoms with E-state index in [4.69, 9.17) is 9.05 Å². The molecule has 0 aromatic rings. The summed E-state index contributed by atoms with van der Waals surface area (Å²) in [6.45, 7) is 4.81. The topological polar surface area (TPSA) is 105 Å². The van der Waals surface area contributed by atoms with Gasteiger partial charge in [0.25, 0.3) is 0 Å². The van der Waals surface area contributed by atoms with E-state index in [-0.39, 0.29) is 19.1 Å². The fourth-order valence-electron chi connectivity index (χ4n) is 11.0. The van der Waals surface area contributed by atoms with Crippen molar-refractivity contribution in [3.8, 4) is 0 Å². The van der Waals surface area contributed by atoms with E-state index in [9.17, 15) is 19.4 Å². The average molecular weight is 1220 g/mol. The molecule has 0 aliphatic carbocycles. The molecular weight excluding hydrogens is 1080 g/mol. The van der Waals surface area contributed by atoms with Gasteiger partial charge in [-0.3, -0.25) is 13.8 Å². The molecule has 0 bridgehead atoms. The summed E-state index contributed by atoms with van der Waals surface area (Å²) in [5.74, 6) is -0.143. The van der Waals surface area contributed by atoms with Gasteiger partial charge in [-0.25, -0.2) is 4.57 Å². The summed E-state index contributed by atoms with van der Waals surface area (Å²) in [6, 6.07) is -0.768. The lowest BCUT2D eigenvalue weighted by molar-refractivity contribution is -0.870. The van der Waals surface area contributed by atoms with Crippen molar-refractivity contribution in [2.75, 3.05) is 40.9 Å². The minimum atomic E-state index is -4.34. The van der Waals surface area contributed by atoms with Gasteiger partial charge in [-0.05, 0) is 70.6 Å². The summed E-state index contributed by atoms with van der Waals surface area (Å²) in [5, 5.41) is 14.2. The zero-order chi connectivity index (χ0) is 62.6. The van der Waals surface area contributed by atoms with Gasteiger partial charge in [0.05, 0.1) is 39.9 Å². The summed E-state index contributed by atoms with van der Waals surface area (Å²) >= 11 is 0. The molecule has 0 aromatic carbocycles. The Morgan fingerprint density at radius 1 is 0.407 bits per heavy atom. The Labute approximate surface area is 535 Å². The predicted octanol–water partition coefficient (Wildman–Crippen LogP) is 23.9. The number of phosphoric ester groups is 1. The van der Waals surface area contributed by atoms with E-state index in [0.29, 0.717) is 23.9 Å². The van der Waals surface area contributed by atoms with Crippen LogP contribution in [0.25, 0.3) is 0 Å². The number of carbonyl (C=O) groups is 1. The summed E-state index contributed by atoms with van der Waals surface area (Å²) in [6.07, 6.45) is 95.5. The number of hydrogen-bond acceptors (Lipinski definition) is 5. The van der Waals surface area contributed by atoms with Crippen LogP contribution < -0.4 is 5.32 Å². The third kappa shape index (κ3) is 69.2. The molecule has 0 radical (unpaired) electrons. The number of aliphatic hydroxyl groups excluding tert-OH is 1. The molecule has 1 amide bonds. The number of carbonyl (C=O) groups excluding carboxylic acids is 1. The van der Waals surface area contributed by atoms with E-state index < -0.39 is 20.0 Å². The van der Waals surface area contributed by atoms with Gasteiger partial charge in [0.1, 0.15) is 13.2 Å². The summed E-state index contributed by atoms with van der Waals surface area (Å²) in [5.41, 5.74) is 0. The van der Waals surface area contributed by atoms with Gasteiger partial charge in [0, 0.05) is 6.42 Å². The fraction of sp³-hybridized carbons (Fsp3) is 0.805. The third-order valence-electron chi connectivity index (χ3n) is 16.7. The number of unbranched alkanes of at least 4 members (excludes halogenated alkanes) is 41. The van der Waals surface area contributed by atoms with Gasteiger partial charge in [0.2, 0.25) is 5.91 Å². The molecule has 0 fully saturated rings. The number of allylic oxidation sites excluding steroid dienone is 14. The molecule has 502 valence electrons. The Bertz CT molecular complexity index is 1680. The van der Waals surface area contributed by atoms with Gasteiger partial charge in [0.15, 0.2) is 0 Å². The molecule has 0 rings (SSSR count). The zero-order valence-electron chi connectivity index (χ0n) is 57.6. The van der Waals surface area contributed by atoms with E-state index in [1.54, 1.807) is 0 Å². The van der Waals surface area contributed by atoms with E-state index in [0.717, 1.165) is 83.5 Å². The summed E-state index contributed by atoms with van der Waals surface area (Å²) < 4.78 is 23.9. The first kappa shape index (κ1) is 83.7. The highest BCUT2D eigenvalue weighted by Crippen LogP contribution is 2.43. The van der Waals surface area contributed by atoms with Crippen molar-refractivity contribution in [2.24, 2.45) is 0 Å². The fourth-order valence-corrected chi connectivity index (χ4v) is 11.7. The average Bonchev–Trinajstić information content (AvgIpc) is 3.70. The lowest BCUT2D eigenvalue weighted by atomic mass is 10.0. The molecule has 0 aromatic heterocycles. The molecule has 9 heteroatoms. The number of rotatable bonds is 68. The molecule has 0 saturated carbocycles. The molecule has 0 aliphatic heterocycles. The Morgan fingerprint density at radius 3 is 1.02 bits per heavy atom. The van der Waals surface area contributed by atoms with Gasteiger partial charge in [-0.1, -0.05) is 356 Å². The van der Waals surface area contributed by atoms with Crippen molar-refractivity contribution < 1.29 is 32.9 Å². The number of quaternary nitrogens is 1. The van der Waals surface area contributed by atoms with Crippen molar-refractivity contribution in [1.29, 1.82) is 0 Å². The van der Waals surface area contributed by atoms with Crippen LogP contribution in [0.4, 0.5) is 0 Å². The number of nitrogens with one attached hydrogen (secondary N) is 1. The number of phosphoric acid groups is 1. The van der Waals surface area contributed by atoms with Crippen LogP contribution in [-0.4, -0.2) is 73.4 Å². The number of amides is 1. The van der Waals surface area contributed by atoms with Crippen LogP contribution in [0.1, 0.15) is 348 Å². The van der Waals surface area contributed by atoms with Crippen LogP contribution in [0.15, 0.2) is 85.1 Å². The Kier molecular flexibility index (Phi) is 65.3. The molecule has 3 atom stereocenters. The third-order valence-corrected chi connectivity index (χ3v) is 17.6. The standard InChI is InChI=1S/C77H143N2O6P/c1-6-8-10-12-14-16-18-20-22-24-26-28-30-32-34-36-37-38-39-40-41-43-45-47-49-51-53-55-57-59-61-63-65-67-69-71-77(81)78-75(74-85-86(82,83)84-73-72-79(3,4)5)76(80)70-68-66-64-62-60-58-56-54-52-50-48-46-44-42-35-33-31-29-27-25-23-21-19-17-15-13-11-9-7-2/h8,10,14,16,20,22,26,28,32,34,37-38,40-41,75-76,80H,6-7,9,11-13,15,17-19,21,23-25,27,29-31,33,35-36,39,42-74H2,1-5H3,(H-,78,81,82,83)/p+1/b10-8-,16-14-,22-20-,28-26-,34-32-,38-37-,41-40-. The normalized spacial score (nSPS) is 14.1. The van der Waals surface area contributed by atoms with Crippen molar-refractivity contribution in [2.45, 2.75) is 360 Å². The van der Waals surface area contributed by atoms with Crippen LogP contribution in [-0.2, 0) is 18.4 Å². The number of likely N-dealkylation sites (N-methyl/N-ethyl adjacent to an activating group) is 1. The maximum absolute atomic E-state index is 13.1. The zero-order valence-corrected chi connectivity index (χ0v) is 58.4. The lowest BCUT2D eigenvalue weighted by Gasteiger charge is -2.26. The van der Waals surface area contributed by atoms with Crippen molar-refractivity contribution in [3.63, 3.8) is 0 Å². The summed E-state index contributed by atoms with van der Waals surface area (Å²) in [7, 11) is 1.62. The first-order valence-electron chi connectivity index (χ1n) is 37.0. The van der Waals surface area contributed by atoms with Gasteiger partial charge in [-0.2, -0.15) is 0 Å². The van der Waals surface area contributed by atoms with Crippen LogP contribution in [0.3, 0.4) is 0 Å². The second-order valence-corrected chi connectivity index (χ2v) is 27.8. The second-order valence-electron chi connectivity index (χ2n) is 26.3. The predicted molar refractivity (Wildman–Crippen MR) is 378 cm³/mol. The molecule has 0 aliphatic rings.